The smallest absolute Gasteiger partial charge is 0.0600 e. The monoisotopic (exact) mass is 215 g/mol. The number of hydrogen-bond donors (Lipinski definition) is 2. The molecule has 90 valence electrons. The molecule has 1 saturated heterocycles. The Labute approximate surface area is 93.1 Å². The summed E-state index contributed by atoms with van der Waals surface area (Å²) < 4.78 is 0. The molecule has 2 atom stereocenters. The van der Waals surface area contributed by atoms with E-state index in [9.17, 15) is 5.11 Å². The zero-order valence-electron chi connectivity index (χ0n) is 10.6. The van der Waals surface area contributed by atoms with E-state index >= 15 is 0 Å². The predicted octanol–water partition coefficient (Wildman–Crippen LogP) is 1.24. The summed E-state index contributed by atoms with van der Waals surface area (Å²) in [5.74, 6) is 0.233. The Morgan fingerprint density at radius 1 is 1.27 bits per heavy atom. The molecule has 0 saturated carbocycles. The molecule has 1 fully saturated rings. The number of likely N-dealkylation sites (tertiary alicyclic amines) is 1. The minimum absolute atomic E-state index is 0.0435. The third-order valence-electron chi connectivity index (χ3n) is 4.15. The molecule has 1 heterocycles. The number of aliphatic hydroxyl groups excluding tert-OH is 2. The van der Waals surface area contributed by atoms with Gasteiger partial charge in [-0.15, -0.1) is 0 Å². The van der Waals surface area contributed by atoms with Crippen molar-refractivity contribution in [1.82, 2.24) is 4.90 Å². The highest BCUT2D eigenvalue weighted by atomic mass is 16.3. The molecule has 2 N–H and O–H groups in total. The molecular weight excluding hydrogens is 190 g/mol. The fraction of sp³-hybridized carbons (Fsp3) is 1.00. The summed E-state index contributed by atoms with van der Waals surface area (Å²) in [7, 11) is 0. The third-order valence-corrected chi connectivity index (χ3v) is 4.15. The van der Waals surface area contributed by atoms with Crippen LogP contribution in [0.2, 0.25) is 0 Å². The van der Waals surface area contributed by atoms with Crippen molar-refractivity contribution in [3.05, 3.63) is 0 Å². The van der Waals surface area contributed by atoms with Crippen molar-refractivity contribution in [2.75, 3.05) is 13.2 Å². The second-order valence-electron chi connectivity index (χ2n) is 5.90. The van der Waals surface area contributed by atoms with Crippen molar-refractivity contribution in [2.45, 2.75) is 58.2 Å². The Morgan fingerprint density at radius 3 is 2.27 bits per heavy atom. The lowest BCUT2D eigenvalue weighted by Gasteiger charge is -2.57. The largest absolute Gasteiger partial charge is 0.395 e. The summed E-state index contributed by atoms with van der Waals surface area (Å²) in [6.45, 7) is 11.5. The molecule has 1 rings (SSSR count). The second-order valence-corrected chi connectivity index (χ2v) is 5.90. The van der Waals surface area contributed by atoms with Crippen LogP contribution in [0.15, 0.2) is 0 Å². The normalized spacial score (nSPS) is 35.4. The van der Waals surface area contributed by atoms with Crippen LogP contribution in [0.4, 0.5) is 0 Å². The van der Waals surface area contributed by atoms with Crippen LogP contribution in [-0.4, -0.2) is 45.4 Å². The van der Waals surface area contributed by atoms with E-state index in [0.717, 1.165) is 6.42 Å². The lowest BCUT2D eigenvalue weighted by Crippen LogP contribution is -2.66. The Bertz CT molecular complexity index is 226. The van der Waals surface area contributed by atoms with Crippen LogP contribution >= 0.6 is 0 Å². The molecule has 2 unspecified atom stereocenters. The molecule has 0 aromatic carbocycles. The van der Waals surface area contributed by atoms with Gasteiger partial charge in [0.05, 0.1) is 12.7 Å². The van der Waals surface area contributed by atoms with Crippen molar-refractivity contribution >= 4 is 0 Å². The maximum Gasteiger partial charge on any atom is 0.0600 e. The van der Waals surface area contributed by atoms with Crippen molar-refractivity contribution in [3.63, 3.8) is 0 Å². The summed E-state index contributed by atoms with van der Waals surface area (Å²) in [5.41, 5.74) is -0.109. The summed E-state index contributed by atoms with van der Waals surface area (Å²) >= 11 is 0. The Morgan fingerprint density at radius 2 is 1.80 bits per heavy atom. The van der Waals surface area contributed by atoms with E-state index in [1.54, 1.807) is 0 Å². The van der Waals surface area contributed by atoms with Gasteiger partial charge in [0.25, 0.3) is 0 Å². The summed E-state index contributed by atoms with van der Waals surface area (Å²) in [5, 5.41) is 19.2. The average Bonchev–Trinajstić information content (AvgIpc) is 2.09. The maximum absolute atomic E-state index is 10.0. The van der Waals surface area contributed by atoms with Gasteiger partial charge in [0.1, 0.15) is 0 Å². The zero-order chi connectivity index (χ0) is 11.9. The van der Waals surface area contributed by atoms with Crippen LogP contribution in [0.25, 0.3) is 0 Å². The van der Waals surface area contributed by atoms with E-state index in [-0.39, 0.29) is 29.7 Å². The molecule has 3 nitrogen and oxygen atoms in total. The molecule has 0 aromatic rings. The fourth-order valence-corrected chi connectivity index (χ4v) is 2.99. The van der Waals surface area contributed by atoms with Gasteiger partial charge in [-0.2, -0.15) is 0 Å². The van der Waals surface area contributed by atoms with Gasteiger partial charge in [-0.05, 0) is 40.0 Å². The summed E-state index contributed by atoms with van der Waals surface area (Å²) in [6, 6.07) is 0. The van der Waals surface area contributed by atoms with Gasteiger partial charge in [-0.25, -0.2) is 0 Å². The van der Waals surface area contributed by atoms with Gasteiger partial charge in [0.15, 0.2) is 0 Å². The van der Waals surface area contributed by atoms with Gasteiger partial charge in [-0.3, -0.25) is 4.90 Å². The Kier molecular flexibility index (Phi) is 3.49. The lowest BCUT2D eigenvalue weighted by atomic mass is 9.71. The molecule has 3 heteroatoms. The molecule has 0 aromatic heterocycles. The first kappa shape index (κ1) is 12.9. The first-order valence-corrected chi connectivity index (χ1v) is 5.80. The predicted molar refractivity (Wildman–Crippen MR) is 61.7 cm³/mol. The van der Waals surface area contributed by atoms with Crippen LogP contribution in [0.3, 0.4) is 0 Å². The fourth-order valence-electron chi connectivity index (χ4n) is 2.99. The number of aliphatic hydroxyl groups is 2. The van der Waals surface area contributed by atoms with E-state index in [1.165, 1.54) is 0 Å². The molecule has 1 aliphatic heterocycles. The van der Waals surface area contributed by atoms with Crippen LogP contribution in [-0.2, 0) is 0 Å². The first-order valence-electron chi connectivity index (χ1n) is 5.80. The minimum Gasteiger partial charge on any atom is -0.395 e. The molecule has 0 bridgehead atoms. The average molecular weight is 215 g/mol. The van der Waals surface area contributed by atoms with Gasteiger partial charge >= 0.3 is 0 Å². The lowest BCUT2D eigenvalue weighted by molar-refractivity contribution is -0.123. The summed E-state index contributed by atoms with van der Waals surface area (Å²) in [4.78, 5) is 2.32. The number of rotatable bonds is 2. The standard InChI is InChI=1S/C12H25NO2/c1-9-10(15)8-11(2,3)13(6-7-14)12(9,4)5/h9-10,14-15H,6-8H2,1-5H3. The molecular formula is C12H25NO2. The highest BCUT2D eigenvalue weighted by Crippen LogP contribution is 2.41. The highest BCUT2D eigenvalue weighted by Gasteiger charge is 2.48. The first-order chi connectivity index (χ1) is 6.73. The van der Waals surface area contributed by atoms with Gasteiger partial charge in [0.2, 0.25) is 0 Å². The molecule has 0 aliphatic carbocycles. The Balaban J connectivity index is 2.97. The van der Waals surface area contributed by atoms with E-state index in [0.29, 0.717) is 6.54 Å². The minimum atomic E-state index is -0.245. The molecule has 0 spiro atoms. The van der Waals surface area contributed by atoms with Crippen LogP contribution in [0, 0.1) is 5.92 Å². The van der Waals surface area contributed by atoms with Gasteiger partial charge in [-0.1, -0.05) is 6.92 Å². The second kappa shape index (κ2) is 4.04. The molecule has 1 aliphatic rings. The highest BCUT2D eigenvalue weighted by molar-refractivity contribution is 5.03. The van der Waals surface area contributed by atoms with E-state index < -0.39 is 0 Å². The van der Waals surface area contributed by atoms with Crippen LogP contribution in [0.5, 0.6) is 0 Å². The molecule has 0 amide bonds. The molecule has 15 heavy (non-hydrogen) atoms. The Hall–Kier alpha value is -0.120. The van der Waals surface area contributed by atoms with Crippen LogP contribution in [0.1, 0.15) is 41.0 Å². The topological polar surface area (TPSA) is 43.7 Å². The van der Waals surface area contributed by atoms with Gasteiger partial charge in [0, 0.05) is 17.6 Å². The van der Waals surface area contributed by atoms with E-state index in [4.69, 9.17) is 5.11 Å². The van der Waals surface area contributed by atoms with Crippen molar-refractivity contribution in [3.8, 4) is 0 Å². The quantitative estimate of drug-likeness (QED) is 0.728. The third kappa shape index (κ3) is 2.19. The maximum atomic E-state index is 10.0. The van der Waals surface area contributed by atoms with E-state index in [1.807, 2.05) is 0 Å². The van der Waals surface area contributed by atoms with Crippen molar-refractivity contribution in [1.29, 1.82) is 0 Å². The van der Waals surface area contributed by atoms with Crippen molar-refractivity contribution in [2.24, 2.45) is 5.92 Å². The number of β-amino-alcohol motifs (C(OH)–C–C–N with tert-alkyl or cyclic N) is 1. The molecule has 0 radical (unpaired) electrons. The van der Waals surface area contributed by atoms with E-state index in [2.05, 4.69) is 39.5 Å². The van der Waals surface area contributed by atoms with Crippen molar-refractivity contribution < 1.29 is 10.2 Å². The summed E-state index contributed by atoms with van der Waals surface area (Å²) in [6.07, 6.45) is 0.530. The zero-order valence-corrected chi connectivity index (χ0v) is 10.6. The SMILES string of the molecule is CC1C(O)CC(C)(C)N(CCO)C1(C)C. The number of hydrogen-bond acceptors (Lipinski definition) is 3. The van der Waals surface area contributed by atoms with Crippen LogP contribution < -0.4 is 0 Å². The van der Waals surface area contributed by atoms with Gasteiger partial charge < -0.3 is 10.2 Å². The number of piperidine rings is 1. The number of nitrogens with zero attached hydrogens (tertiary/aromatic N) is 1.